The zero-order valence-electron chi connectivity index (χ0n) is 49.4. The van der Waals surface area contributed by atoms with Gasteiger partial charge in [-0.25, -0.2) is 4.79 Å². The minimum absolute atomic E-state index is 0.00768. The van der Waals surface area contributed by atoms with E-state index in [2.05, 4.69) is 167 Å². The van der Waals surface area contributed by atoms with Gasteiger partial charge in [-0.1, -0.05) is 210 Å². The van der Waals surface area contributed by atoms with Gasteiger partial charge in [0.1, 0.15) is 18.8 Å². The summed E-state index contributed by atoms with van der Waals surface area (Å²) in [6.45, 7) is 5.51. The first kappa shape index (κ1) is 73.1. The molecule has 0 aromatic heterocycles. The van der Waals surface area contributed by atoms with E-state index in [-0.39, 0.29) is 25.9 Å². The van der Waals surface area contributed by atoms with Crippen molar-refractivity contribution in [2.24, 2.45) is 0 Å². The first-order valence-electron chi connectivity index (χ1n) is 30.1. The van der Waals surface area contributed by atoms with Crippen molar-refractivity contribution in [1.82, 2.24) is 0 Å². The van der Waals surface area contributed by atoms with E-state index >= 15 is 0 Å². The molecular formula is C69H102O12. The summed E-state index contributed by atoms with van der Waals surface area (Å²) in [6.07, 6.45) is 69.1. The lowest BCUT2D eigenvalue weighted by Crippen LogP contribution is -2.61. The fourth-order valence-corrected chi connectivity index (χ4v) is 7.81. The molecule has 3 N–H and O–H groups in total. The van der Waals surface area contributed by atoms with E-state index in [9.17, 15) is 34.5 Å². The van der Waals surface area contributed by atoms with E-state index in [1.54, 1.807) is 6.08 Å². The van der Waals surface area contributed by atoms with Crippen molar-refractivity contribution in [2.75, 3.05) is 13.2 Å². The number of carbonyl (C=O) groups is 4. The fourth-order valence-electron chi connectivity index (χ4n) is 7.81. The number of carbonyl (C=O) groups excluding carboxylic acids is 3. The van der Waals surface area contributed by atoms with Gasteiger partial charge in [0.25, 0.3) is 0 Å². The second kappa shape index (κ2) is 54.7. The van der Waals surface area contributed by atoms with Gasteiger partial charge in [0.2, 0.25) is 0 Å². The Hall–Kier alpha value is -5.92. The highest BCUT2D eigenvalue weighted by atomic mass is 16.7. The number of aliphatic hydroxyl groups is 2. The molecule has 1 rings (SSSR count). The molecule has 6 atom stereocenters. The maximum atomic E-state index is 13.1. The van der Waals surface area contributed by atoms with Gasteiger partial charge < -0.3 is 39.0 Å². The zero-order valence-corrected chi connectivity index (χ0v) is 49.4. The molecule has 1 fully saturated rings. The van der Waals surface area contributed by atoms with Gasteiger partial charge >= 0.3 is 23.9 Å². The third-order valence-electron chi connectivity index (χ3n) is 12.3. The highest BCUT2D eigenvalue weighted by molar-refractivity contribution is 5.74. The van der Waals surface area contributed by atoms with E-state index in [0.29, 0.717) is 19.3 Å². The minimum Gasteiger partial charge on any atom is -0.479 e. The Kier molecular flexibility index (Phi) is 49.3. The van der Waals surface area contributed by atoms with Gasteiger partial charge in [0, 0.05) is 12.8 Å². The van der Waals surface area contributed by atoms with E-state index in [0.717, 1.165) is 128 Å². The number of ether oxygens (including phenoxy) is 5. The maximum absolute atomic E-state index is 13.1. The molecule has 0 amide bonds. The lowest BCUT2D eigenvalue weighted by molar-refractivity contribution is -0.301. The van der Waals surface area contributed by atoms with Crippen molar-refractivity contribution < 1.29 is 58.2 Å². The molecule has 0 aromatic carbocycles. The van der Waals surface area contributed by atoms with Crippen molar-refractivity contribution in [3.8, 4) is 0 Å². The third kappa shape index (κ3) is 44.4. The summed E-state index contributed by atoms with van der Waals surface area (Å²) in [7, 11) is 0. The molecule has 0 radical (unpaired) electrons. The molecule has 0 bridgehead atoms. The number of hydrogen-bond acceptors (Lipinski definition) is 11. The summed E-state index contributed by atoms with van der Waals surface area (Å²) in [5.74, 6) is -3.40. The number of esters is 3. The summed E-state index contributed by atoms with van der Waals surface area (Å²) >= 11 is 0. The Morgan fingerprint density at radius 1 is 0.420 bits per heavy atom. The van der Waals surface area contributed by atoms with Crippen LogP contribution in [0.2, 0.25) is 0 Å². The van der Waals surface area contributed by atoms with Crippen molar-refractivity contribution in [3.05, 3.63) is 170 Å². The highest BCUT2D eigenvalue weighted by Gasteiger charge is 2.50. The second-order valence-corrected chi connectivity index (χ2v) is 19.5. The van der Waals surface area contributed by atoms with Crippen LogP contribution >= 0.6 is 0 Å². The first-order valence-corrected chi connectivity index (χ1v) is 30.1. The standard InChI is InChI=1S/C69H102O12/c1-4-7-10-13-16-19-22-25-28-30-31-33-35-37-40-43-46-49-52-55-61(70)77-58-60(79-62(71)56-53-50-47-44-41-38-34-27-24-21-18-15-12-9-6-3)59-78-69-67(65(74)64(73)66(81-69)68(75)76)80-63(72)57-54-51-48-45-42-39-36-32-29-26-23-20-17-14-11-8-5-2/h7-12,16-21,25-29,31,33-34,36-37,39-41,44,50,53,60,64-67,69,73-74H,4-6,13-15,22-24,30,32,35,38,42-43,45-49,51-52,54-59H2,1-3H3,(H,75,76)/b10-7-,11-8-,12-9-,19-16-,20-17-,21-18-,28-25-,29-26-,33-31-,34-27-,39-36-,40-37-,44-41-,53-50-. The molecule has 0 spiro atoms. The van der Waals surface area contributed by atoms with Gasteiger partial charge in [-0.2, -0.15) is 0 Å². The molecule has 6 unspecified atom stereocenters. The van der Waals surface area contributed by atoms with Gasteiger partial charge in [-0.15, -0.1) is 0 Å². The normalized spacial score (nSPS) is 19.0. The molecule has 1 aliphatic heterocycles. The number of aliphatic hydroxyl groups excluding tert-OH is 2. The van der Waals surface area contributed by atoms with Crippen LogP contribution in [0.5, 0.6) is 0 Å². The molecule has 12 nitrogen and oxygen atoms in total. The smallest absolute Gasteiger partial charge is 0.335 e. The molecule has 0 saturated carbocycles. The third-order valence-corrected chi connectivity index (χ3v) is 12.3. The van der Waals surface area contributed by atoms with E-state index in [1.165, 1.54) is 0 Å². The van der Waals surface area contributed by atoms with Crippen molar-refractivity contribution in [3.63, 3.8) is 0 Å². The lowest BCUT2D eigenvalue weighted by atomic mass is 9.98. The van der Waals surface area contributed by atoms with Crippen molar-refractivity contribution in [2.45, 2.75) is 225 Å². The fraction of sp³-hybridized carbons (Fsp3) is 0.536. The molecule has 0 aromatic rings. The number of aliphatic carboxylic acids is 1. The lowest BCUT2D eigenvalue weighted by Gasteiger charge is -2.40. The number of carboxylic acid groups (broad SMARTS) is 1. The number of carboxylic acids is 1. The molecule has 1 aliphatic rings. The Morgan fingerprint density at radius 3 is 1.19 bits per heavy atom. The summed E-state index contributed by atoms with van der Waals surface area (Å²) < 4.78 is 28.3. The zero-order chi connectivity index (χ0) is 58.9. The average Bonchev–Trinajstić information content (AvgIpc) is 3.53. The topological polar surface area (TPSA) is 175 Å². The number of unbranched alkanes of at least 4 members (excludes halogenated alkanes) is 7. The van der Waals surface area contributed by atoms with Gasteiger partial charge in [-0.05, 0) is 128 Å². The van der Waals surface area contributed by atoms with Crippen LogP contribution in [0.4, 0.5) is 0 Å². The Labute approximate surface area is 487 Å². The molecule has 12 heteroatoms. The van der Waals surface area contributed by atoms with Crippen LogP contribution < -0.4 is 0 Å². The van der Waals surface area contributed by atoms with Gasteiger partial charge in [-0.3, -0.25) is 14.4 Å². The summed E-state index contributed by atoms with van der Waals surface area (Å²) in [4.78, 5) is 51.1. The van der Waals surface area contributed by atoms with Crippen molar-refractivity contribution >= 4 is 23.9 Å². The molecule has 1 heterocycles. The second-order valence-electron chi connectivity index (χ2n) is 19.5. The highest BCUT2D eigenvalue weighted by Crippen LogP contribution is 2.26. The average molecular weight is 1120 g/mol. The minimum atomic E-state index is -1.94. The predicted molar refractivity (Wildman–Crippen MR) is 330 cm³/mol. The van der Waals surface area contributed by atoms with Gasteiger partial charge in [0.15, 0.2) is 24.6 Å². The van der Waals surface area contributed by atoms with Gasteiger partial charge in [0.05, 0.1) is 13.0 Å². The van der Waals surface area contributed by atoms with E-state index < -0.39 is 67.3 Å². The number of rotatable bonds is 48. The van der Waals surface area contributed by atoms with Crippen LogP contribution in [0, 0.1) is 0 Å². The van der Waals surface area contributed by atoms with Crippen LogP contribution in [-0.4, -0.2) is 89.2 Å². The molecule has 81 heavy (non-hydrogen) atoms. The Bertz CT molecular complexity index is 2060. The van der Waals surface area contributed by atoms with Crippen LogP contribution in [-0.2, 0) is 42.9 Å². The Balaban J connectivity index is 2.78. The van der Waals surface area contributed by atoms with E-state index in [1.807, 2.05) is 18.2 Å². The monoisotopic (exact) mass is 1120 g/mol. The van der Waals surface area contributed by atoms with Crippen LogP contribution in [0.3, 0.4) is 0 Å². The number of hydrogen-bond donors (Lipinski definition) is 3. The largest absolute Gasteiger partial charge is 0.479 e. The summed E-state index contributed by atoms with van der Waals surface area (Å²) in [5.41, 5.74) is 0. The first-order chi connectivity index (χ1) is 39.6. The maximum Gasteiger partial charge on any atom is 0.335 e. The van der Waals surface area contributed by atoms with Crippen molar-refractivity contribution in [1.29, 1.82) is 0 Å². The number of allylic oxidation sites excluding steroid dienone is 27. The molecule has 450 valence electrons. The predicted octanol–water partition coefficient (Wildman–Crippen LogP) is 15.9. The molecular weight excluding hydrogens is 1020 g/mol. The summed E-state index contributed by atoms with van der Waals surface area (Å²) in [5, 5.41) is 31.5. The SMILES string of the molecule is CC/C=C\C/C=C\C/C=C\C/C=C\C/C=C\CCCCCC(=O)OCC(COC1OC(C(=O)O)C(O)C(O)C1OC(=O)CCCCCC/C=C\C/C=C\C/C=C\C/C=C\CC)OC(=O)C/C=C\C/C=C\C/C=C\C/C=C\C/C=C\CC. The van der Waals surface area contributed by atoms with Crippen LogP contribution in [0.25, 0.3) is 0 Å². The quantitative estimate of drug-likeness (QED) is 0.0228. The molecule has 0 aliphatic carbocycles. The van der Waals surface area contributed by atoms with Crippen LogP contribution in [0.1, 0.15) is 188 Å². The van der Waals surface area contributed by atoms with Crippen LogP contribution in [0.15, 0.2) is 170 Å². The van der Waals surface area contributed by atoms with E-state index in [4.69, 9.17) is 23.7 Å². The Morgan fingerprint density at radius 2 is 0.778 bits per heavy atom. The molecule has 1 saturated heterocycles. The summed E-state index contributed by atoms with van der Waals surface area (Å²) in [6, 6.07) is 0.